The normalized spacial score (nSPS) is 13.8. The van der Waals surface area contributed by atoms with Crippen molar-refractivity contribution in [3.8, 4) is 0 Å². The van der Waals surface area contributed by atoms with Gasteiger partial charge in [-0.15, -0.1) is 0 Å². The predicted molar refractivity (Wildman–Crippen MR) is 98.0 cm³/mol. The highest BCUT2D eigenvalue weighted by Crippen LogP contribution is 2.29. The molecule has 0 radical (unpaired) electrons. The number of hydrogen-bond donors (Lipinski definition) is 0. The fraction of sp³-hybridized carbons (Fsp3) is 0.316. The SMILES string of the molecule is O=C(CSc1ccc(C(F)(F)F)cn1)OCC(=O)N1CCCc2ccccc21. The quantitative estimate of drug-likeness (QED) is 0.556. The van der Waals surface area contributed by atoms with Crippen molar-refractivity contribution in [2.45, 2.75) is 24.0 Å². The van der Waals surface area contributed by atoms with Crippen LogP contribution in [0.2, 0.25) is 0 Å². The van der Waals surface area contributed by atoms with Crippen molar-refractivity contribution < 1.29 is 27.5 Å². The lowest BCUT2D eigenvalue weighted by Crippen LogP contribution is -2.38. The lowest BCUT2D eigenvalue weighted by atomic mass is 10.0. The minimum Gasteiger partial charge on any atom is -0.455 e. The number of carbonyl (C=O) groups excluding carboxylic acids is 2. The van der Waals surface area contributed by atoms with Gasteiger partial charge in [-0.3, -0.25) is 9.59 Å². The fourth-order valence-corrected chi connectivity index (χ4v) is 3.46. The lowest BCUT2D eigenvalue weighted by molar-refractivity contribution is -0.145. The molecule has 28 heavy (non-hydrogen) atoms. The Balaban J connectivity index is 1.48. The fourth-order valence-electron chi connectivity index (χ4n) is 2.82. The zero-order valence-corrected chi connectivity index (χ0v) is 15.6. The average Bonchev–Trinajstić information content (AvgIpc) is 2.69. The van der Waals surface area contributed by atoms with Crippen LogP contribution in [0.4, 0.5) is 18.9 Å². The van der Waals surface area contributed by atoms with Gasteiger partial charge in [-0.1, -0.05) is 30.0 Å². The van der Waals surface area contributed by atoms with Gasteiger partial charge in [-0.2, -0.15) is 13.2 Å². The van der Waals surface area contributed by atoms with E-state index in [1.807, 2.05) is 24.3 Å². The summed E-state index contributed by atoms with van der Waals surface area (Å²) in [7, 11) is 0. The molecule has 1 amide bonds. The highest BCUT2D eigenvalue weighted by Gasteiger charge is 2.30. The molecule has 0 unspecified atom stereocenters. The van der Waals surface area contributed by atoms with E-state index in [4.69, 9.17) is 4.74 Å². The van der Waals surface area contributed by atoms with E-state index in [1.165, 1.54) is 6.07 Å². The van der Waals surface area contributed by atoms with Crippen molar-refractivity contribution in [2.24, 2.45) is 0 Å². The number of halogens is 3. The number of pyridine rings is 1. The minimum absolute atomic E-state index is 0.151. The number of rotatable bonds is 5. The second kappa shape index (κ2) is 8.64. The number of hydrogen-bond acceptors (Lipinski definition) is 5. The van der Waals surface area contributed by atoms with Gasteiger partial charge in [0.1, 0.15) is 0 Å². The number of anilines is 1. The number of fused-ring (bicyclic) bond motifs is 1. The summed E-state index contributed by atoms with van der Waals surface area (Å²) in [5.41, 5.74) is 1.06. The second-order valence-corrected chi connectivity index (χ2v) is 7.11. The number of ether oxygens (including phenoxy) is 1. The second-order valence-electron chi connectivity index (χ2n) is 6.11. The van der Waals surface area contributed by atoms with Crippen molar-refractivity contribution in [1.29, 1.82) is 0 Å². The van der Waals surface area contributed by atoms with E-state index in [9.17, 15) is 22.8 Å². The summed E-state index contributed by atoms with van der Waals surface area (Å²) in [4.78, 5) is 29.5. The topological polar surface area (TPSA) is 59.5 Å². The molecule has 3 rings (SSSR count). The number of nitrogens with zero attached hydrogens (tertiary/aromatic N) is 2. The van der Waals surface area contributed by atoms with Crippen LogP contribution in [0.1, 0.15) is 17.5 Å². The van der Waals surface area contributed by atoms with Gasteiger partial charge in [0.05, 0.1) is 16.3 Å². The Morgan fingerprint density at radius 3 is 2.68 bits per heavy atom. The molecule has 9 heteroatoms. The molecule has 0 saturated carbocycles. The van der Waals surface area contributed by atoms with Gasteiger partial charge in [-0.05, 0) is 36.6 Å². The standard InChI is InChI=1S/C19H17F3N2O3S/c20-19(21,22)14-7-8-16(23-10-14)28-12-18(26)27-11-17(25)24-9-3-5-13-4-1-2-6-15(13)24/h1-2,4,6-8,10H,3,5,9,11-12H2. The molecular formula is C19H17F3N2O3S. The summed E-state index contributed by atoms with van der Waals surface area (Å²) in [5.74, 6) is -1.09. The molecule has 0 saturated heterocycles. The van der Waals surface area contributed by atoms with Gasteiger partial charge in [0, 0.05) is 18.4 Å². The van der Waals surface area contributed by atoms with E-state index in [0.29, 0.717) is 12.7 Å². The van der Waals surface area contributed by atoms with Gasteiger partial charge < -0.3 is 9.64 Å². The van der Waals surface area contributed by atoms with E-state index in [2.05, 4.69) is 4.98 Å². The summed E-state index contributed by atoms with van der Waals surface area (Å²) in [6.07, 6.45) is -2.00. The Morgan fingerprint density at radius 2 is 1.96 bits per heavy atom. The van der Waals surface area contributed by atoms with Gasteiger partial charge >= 0.3 is 12.1 Å². The van der Waals surface area contributed by atoms with E-state index in [1.54, 1.807) is 4.90 Å². The van der Waals surface area contributed by atoms with Crippen LogP contribution in [0.25, 0.3) is 0 Å². The number of para-hydroxylation sites is 1. The van der Waals surface area contributed by atoms with E-state index < -0.39 is 17.7 Å². The molecule has 1 aliphatic rings. The van der Waals surface area contributed by atoms with Gasteiger partial charge in [0.25, 0.3) is 5.91 Å². The van der Waals surface area contributed by atoms with Gasteiger partial charge in [0.2, 0.25) is 0 Å². The molecular weight excluding hydrogens is 393 g/mol. The predicted octanol–water partition coefficient (Wildman–Crippen LogP) is 3.72. The van der Waals surface area contributed by atoms with Crippen LogP contribution in [0, 0.1) is 0 Å². The Hall–Kier alpha value is -2.55. The highest BCUT2D eigenvalue weighted by molar-refractivity contribution is 7.99. The van der Waals surface area contributed by atoms with Crippen LogP contribution in [0.3, 0.4) is 0 Å². The van der Waals surface area contributed by atoms with E-state index in [-0.39, 0.29) is 23.3 Å². The Kier molecular flexibility index (Phi) is 6.23. The molecule has 0 bridgehead atoms. The molecule has 0 atom stereocenters. The first-order valence-electron chi connectivity index (χ1n) is 8.54. The number of alkyl halides is 3. The molecule has 2 aromatic rings. The molecule has 148 valence electrons. The van der Waals surface area contributed by atoms with Crippen molar-refractivity contribution in [3.63, 3.8) is 0 Å². The third-order valence-electron chi connectivity index (χ3n) is 4.17. The summed E-state index contributed by atoms with van der Waals surface area (Å²) in [5, 5.41) is 0.265. The van der Waals surface area contributed by atoms with Crippen LogP contribution in [0.15, 0.2) is 47.6 Å². The largest absolute Gasteiger partial charge is 0.455 e. The molecule has 1 aromatic carbocycles. The van der Waals surface area contributed by atoms with Crippen molar-refractivity contribution in [2.75, 3.05) is 23.8 Å². The van der Waals surface area contributed by atoms with Crippen molar-refractivity contribution in [3.05, 3.63) is 53.7 Å². The van der Waals surface area contributed by atoms with Crippen LogP contribution in [0.5, 0.6) is 0 Å². The Morgan fingerprint density at radius 1 is 1.18 bits per heavy atom. The maximum Gasteiger partial charge on any atom is 0.417 e. The molecule has 1 aliphatic heterocycles. The number of aromatic nitrogens is 1. The van der Waals surface area contributed by atoms with Crippen LogP contribution in [-0.4, -0.2) is 35.8 Å². The zero-order valence-electron chi connectivity index (χ0n) is 14.7. The molecule has 0 N–H and O–H groups in total. The Bertz CT molecular complexity index is 856. The Labute approximate surface area is 163 Å². The summed E-state index contributed by atoms with van der Waals surface area (Å²) >= 11 is 0.946. The monoisotopic (exact) mass is 410 g/mol. The first-order valence-corrected chi connectivity index (χ1v) is 9.53. The highest BCUT2D eigenvalue weighted by atomic mass is 32.2. The molecule has 5 nitrogen and oxygen atoms in total. The van der Waals surface area contributed by atoms with Gasteiger partial charge in [0.15, 0.2) is 6.61 Å². The van der Waals surface area contributed by atoms with E-state index in [0.717, 1.165) is 41.9 Å². The smallest absolute Gasteiger partial charge is 0.417 e. The summed E-state index contributed by atoms with van der Waals surface area (Å²) in [6, 6.07) is 9.69. The van der Waals surface area contributed by atoms with Crippen LogP contribution in [-0.2, 0) is 26.9 Å². The maximum atomic E-state index is 12.5. The average molecular weight is 410 g/mol. The third-order valence-corrected chi connectivity index (χ3v) is 5.09. The third kappa shape index (κ3) is 5.03. The van der Waals surface area contributed by atoms with E-state index >= 15 is 0 Å². The molecule has 0 aliphatic carbocycles. The summed E-state index contributed by atoms with van der Waals surface area (Å²) < 4.78 is 42.5. The molecule has 0 spiro atoms. The summed E-state index contributed by atoms with van der Waals surface area (Å²) in [6.45, 7) is 0.186. The van der Waals surface area contributed by atoms with Crippen LogP contribution < -0.4 is 4.90 Å². The zero-order chi connectivity index (χ0) is 20.1. The number of thioether (sulfide) groups is 1. The minimum atomic E-state index is -4.46. The van der Waals surface area contributed by atoms with Crippen molar-refractivity contribution in [1.82, 2.24) is 4.98 Å². The molecule has 2 heterocycles. The first-order chi connectivity index (χ1) is 13.3. The number of amides is 1. The lowest BCUT2D eigenvalue weighted by Gasteiger charge is -2.29. The molecule has 0 fully saturated rings. The van der Waals surface area contributed by atoms with Crippen LogP contribution >= 0.6 is 11.8 Å². The molecule has 1 aromatic heterocycles. The number of benzene rings is 1. The van der Waals surface area contributed by atoms with Gasteiger partial charge in [-0.25, -0.2) is 4.98 Å². The number of aryl methyl sites for hydroxylation is 1. The van der Waals surface area contributed by atoms with Crippen molar-refractivity contribution >= 4 is 29.3 Å². The number of esters is 1. The number of carbonyl (C=O) groups is 2. The first kappa shape index (κ1) is 20.2. The maximum absolute atomic E-state index is 12.5.